The standard InChI is InChI=1S/C23H23F3N2O4/c1-13(16-6-5-7-18(10-16)23(24,25)26)27-22(29)17-8-9-20(21(11-17)30-4)31-12-19-14(2)28-32-15(19)3/h5-11,13H,12H2,1-4H3,(H,27,29). The number of carbonyl (C=O) groups is 1. The summed E-state index contributed by atoms with van der Waals surface area (Å²) < 4.78 is 55.1. The Morgan fingerprint density at radius 2 is 1.91 bits per heavy atom. The first-order valence-corrected chi connectivity index (χ1v) is 9.80. The summed E-state index contributed by atoms with van der Waals surface area (Å²) in [5.74, 6) is 0.970. The van der Waals surface area contributed by atoms with E-state index in [1.807, 2.05) is 6.92 Å². The number of halogens is 3. The van der Waals surface area contributed by atoms with Gasteiger partial charge in [0.15, 0.2) is 11.5 Å². The van der Waals surface area contributed by atoms with Crippen LogP contribution in [0.5, 0.6) is 11.5 Å². The molecule has 0 bridgehead atoms. The summed E-state index contributed by atoms with van der Waals surface area (Å²) in [4.78, 5) is 12.7. The van der Waals surface area contributed by atoms with Crippen molar-refractivity contribution in [2.24, 2.45) is 0 Å². The van der Waals surface area contributed by atoms with Crippen molar-refractivity contribution >= 4 is 5.91 Å². The summed E-state index contributed by atoms with van der Waals surface area (Å²) in [5.41, 5.74) is 1.41. The van der Waals surface area contributed by atoms with Crippen LogP contribution in [-0.2, 0) is 12.8 Å². The maximum atomic E-state index is 13.0. The minimum atomic E-state index is -4.45. The summed E-state index contributed by atoms with van der Waals surface area (Å²) in [6, 6.07) is 8.89. The third-order valence-corrected chi connectivity index (χ3v) is 5.04. The molecular formula is C23H23F3N2O4. The van der Waals surface area contributed by atoms with Crippen LogP contribution in [0.1, 0.15) is 51.5 Å². The second-order valence-corrected chi connectivity index (χ2v) is 7.28. The molecular weight excluding hydrogens is 425 g/mol. The molecule has 1 atom stereocenters. The lowest BCUT2D eigenvalue weighted by molar-refractivity contribution is -0.137. The Hall–Kier alpha value is -3.49. The lowest BCUT2D eigenvalue weighted by Gasteiger charge is -2.17. The van der Waals surface area contributed by atoms with E-state index in [2.05, 4.69) is 10.5 Å². The van der Waals surface area contributed by atoms with Crippen molar-refractivity contribution in [3.05, 3.63) is 76.2 Å². The molecule has 1 aromatic heterocycles. The molecule has 9 heteroatoms. The van der Waals surface area contributed by atoms with Crippen LogP contribution in [0.3, 0.4) is 0 Å². The number of amides is 1. The van der Waals surface area contributed by atoms with Crippen molar-refractivity contribution < 1.29 is 32.0 Å². The van der Waals surface area contributed by atoms with Crippen LogP contribution in [0, 0.1) is 13.8 Å². The highest BCUT2D eigenvalue weighted by molar-refractivity contribution is 5.95. The monoisotopic (exact) mass is 448 g/mol. The SMILES string of the molecule is COc1cc(C(=O)NC(C)c2cccc(C(F)(F)F)c2)ccc1OCc1c(C)noc1C. The Morgan fingerprint density at radius 3 is 2.53 bits per heavy atom. The normalized spacial score (nSPS) is 12.3. The van der Waals surface area contributed by atoms with Crippen LogP contribution in [0.25, 0.3) is 0 Å². The van der Waals surface area contributed by atoms with Gasteiger partial charge in [0.2, 0.25) is 0 Å². The number of hydrogen-bond acceptors (Lipinski definition) is 5. The molecule has 0 spiro atoms. The number of methoxy groups -OCH3 is 1. The van der Waals surface area contributed by atoms with Gasteiger partial charge in [0, 0.05) is 5.56 Å². The lowest BCUT2D eigenvalue weighted by atomic mass is 10.0. The first-order chi connectivity index (χ1) is 15.1. The Kier molecular flexibility index (Phi) is 6.76. The number of nitrogens with one attached hydrogen (secondary N) is 1. The number of aryl methyl sites for hydroxylation is 2. The van der Waals surface area contributed by atoms with E-state index < -0.39 is 23.7 Å². The molecule has 3 aromatic rings. The molecule has 0 fully saturated rings. The smallest absolute Gasteiger partial charge is 0.416 e. The van der Waals surface area contributed by atoms with Crippen molar-refractivity contribution in [2.45, 2.75) is 39.6 Å². The van der Waals surface area contributed by atoms with E-state index in [1.165, 1.54) is 25.3 Å². The summed E-state index contributed by atoms with van der Waals surface area (Å²) in [5, 5.41) is 6.59. The van der Waals surface area contributed by atoms with Gasteiger partial charge in [0.25, 0.3) is 5.91 Å². The zero-order chi connectivity index (χ0) is 23.5. The molecule has 0 saturated heterocycles. The van der Waals surface area contributed by atoms with Crippen LogP contribution in [0.4, 0.5) is 13.2 Å². The molecule has 1 unspecified atom stereocenters. The van der Waals surface area contributed by atoms with Gasteiger partial charge >= 0.3 is 6.18 Å². The van der Waals surface area contributed by atoms with Gasteiger partial charge in [-0.2, -0.15) is 13.2 Å². The van der Waals surface area contributed by atoms with Crippen molar-refractivity contribution in [3.8, 4) is 11.5 Å². The Bertz CT molecular complexity index is 1090. The second-order valence-electron chi connectivity index (χ2n) is 7.28. The van der Waals surface area contributed by atoms with Crippen molar-refractivity contribution in [1.29, 1.82) is 0 Å². The van der Waals surface area contributed by atoms with Gasteiger partial charge < -0.3 is 19.3 Å². The molecule has 3 rings (SSSR count). The number of aromatic nitrogens is 1. The van der Waals surface area contributed by atoms with Crippen molar-refractivity contribution in [1.82, 2.24) is 10.5 Å². The van der Waals surface area contributed by atoms with E-state index in [-0.39, 0.29) is 12.2 Å². The fourth-order valence-corrected chi connectivity index (χ4v) is 3.13. The molecule has 170 valence electrons. The molecule has 0 aliphatic carbocycles. The fourth-order valence-electron chi connectivity index (χ4n) is 3.13. The van der Waals surface area contributed by atoms with Crippen molar-refractivity contribution in [2.75, 3.05) is 7.11 Å². The number of hydrogen-bond donors (Lipinski definition) is 1. The second kappa shape index (κ2) is 9.33. The third kappa shape index (κ3) is 5.22. The average Bonchev–Trinajstić information content (AvgIpc) is 3.08. The molecule has 2 aromatic carbocycles. The van der Waals surface area contributed by atoms with Crippen LogP contribution < -0.4 is 14.8 Å². The predicted octanol–water partition coefficient (Wildman–Crippen LogP) is 5.39. The summed E-state index contributed by atoms with van der Waals surface area (Å²) >= 11 is 0. The molecule has 0 saturated carbocycles. The van der Waals surface area contributed by atoms with Gasteiger partial charge in [-0.15, -0.1) is 0 Å². The number of benzene rings is 2. The molecule has 1 heterocycles. The summed E-state index contributed by atoms with van der Waals surface area (Å²) in [7, 11) is 1.45. The number of alkyl halides is 3. The third-order valence-electron chi connectivity index (χ3n) is 5.04. The Balaban J connectivity index is 1.72. The maximum Gasteiger partial charge on any atom is 0.416 e. The van der Waals surface area contributed by atoms with Crippen LogP contribution in [0.15, 0.2) is 47.0 Å². The first kappa shape index (κ1) is 23.2. The number of nitrogens with zero attached hydrogens (tertiary/aromatic N) is 1. The minimum absolute atomic E-state index is 0.218. The van der Waals surface area contributed by atoms with E-state index in [0.29, 0.717) is 22.8 Å². The molecule has 1 amide bonds. The van der Waals surface area contributed by atoms with E-state index >= 15 is 0 Å². The molecule has 1 N–H and O–H groups in total. The Morgan fingerprint density at radius 1 is 1.16 bits per heavy atom. The van der Waals surface area contributed by atoms with Gasteiger partial charge in [0.05, 0.1) is 30.0 Å². The Labute approximate surface area is 183 Å². The summed E-state index contributed by atoms with van der Waals surface area (Å²) in [6.45, 7) is 5.43. The van der Waals surface area contributed by atoms with Gasteiger partial charge in [-0.25, -0.2) is 0 Å². The fraction of sp³-hybridized carbons (Fsp3) is 0.304. The van der Waals surface area contributed by atoms with Gasteiger partial charge in [-0.1, -0.05) is 17.3 Å². The highest BCUT2D eigenvalue weighted by atomic mass is 19.4. The zero-order valence-corrected chi connectivity index (χ0v) is 18.0. The van der Waals surface area contributed by atoms with Gasteiger partial charge in [-0.05, 0) is 56.7 Å². The van der Waals surface area contributed by atoms with Gasteiger partial charge in [0.1, 0.15) is 12.4 Å². The van der Waals surface area contributed by atoms with Crippen LogP contribution in [-0.4, -0.2) is 18.2 Å². The highest BCUT2D eigenvalue weighted by Gasteiger charge is 2.30. The van der Waals surface area contributed by atoms with Crippen LogP contribution in [0.2, 0.25) is 0 Å². The zero-order valence-electron chi connectivity index (χ0n) is 18.0. The van der Waals surface area contributed by atoms with E-state index in [0.717, 1.165) is 23.4 Å². The molecule has 0 aliphatic rings. The maximum absolute atomic E-state index is 13.0. The van der Waals surface area contributed by atoms with Crippen LogP contribution >= 0.6 is 0 Å². The first-order valence-electron chi connectivity index (χ1n) is 9.80. The van der Waals surface area contributed by atoms with E-state index in [9.17, 15) is 18.0 Å². The quantitative estimate of drug-likeness (QED) is 0.525. The van der Waals surface area contributed by atoms with E-state index in [4.69, 9.17) is 14.0 Å². The molecule has 0 radical (unpaired) electrons. The largest absolute Gasteiger partial charge is 0.493 e. The lowest BCUT2D eigenvalue weighted by Crippen LogP contribution is -2.26. The average molecular weight is 448 g/mol. The number of ether oxygens (including phenoxy) is 2. The van der Waals surface area contributed by atoms with Crippen molar-refractivity contribution in [3.63, 3.8) is 0 Å². The number of rotatable bonds is 7. The minimum Gasteiger partial charge on any atom is -0.493 e. The molecule has 6 nitrogen and oxygen atoms in total. The highest BCUT2D eigenvalue weighted by Crippen LogP contribution is 2.32. The predicted molar refractivity (Wildman–Crippen MR) is 111 cm³/mol. The van der Waals surface area contributed by atoms with E-state index in [1.54, 1.807) is 26.0 Å². The molecule has 32 heavy (non-hydrogen) atoms. The topological polar surface area (TPSA) is 73.6 Å². The van der Waals surface area contributed by atoms with Gasteiger partial charge in [-0.3, -0.25) is 4.79 Å². The molecule has 0 aliphatic heterocycles. The summed E-state index contributed by atoms with van der Waals surface area (Å²) in [6.07, 6.45) is -4.45. The number of carbonyl (C=O) groups excluding carboxylic acids is 1.